The predicted octanol–water partition coefficient (Wildman–Crippen LogP) is 6.17. The van der Waals surface area contributed by atoms with Crippen LogP contribution in [0.2, 0.25) is 0 Å². The van der Waals surface area contributed by atoms with Gasteiger partial charge in [0.1, 0.15) is 0 Å². The van der Waals surface area contributed by atoms with E-state index >= 15 is 0 Å². The molecule has 0 aromatic carbocycles. The summed E-state index contributed by atoms with van der Waals surface area (Å²) in [6.07, 6.45) is 21.1. The van der Waals surface area contributed by atoms with Gasteiger partial charge in [-0.3, -0.25) is 4.79 Å². The molecule has 0 aliphatic rings. The molecule has 0 heterocycles. The maximum Gasteiger partial charge on any atom is 0.321 e. The topological polar surface area (TPSA) is 73.9 Å². The van der Waals surface area contributed by atoms with Crippen LogP contribution in [0.15, 0.2) is 0 Å². The van der Waals surface area contributed by atoms with Crippen LogP contribution in [-0.2, 0) is 9.53 Å². The summed E-state index contributed by atoms with van der Waals surface area (Å²) in [6, 6.07) is 2.20. The molecule has 0 bridgehead atoms. The lowest BCUT2D eigenvalue weighted by atomic mass is 10.0. The third-order valence-corrected chi connectivity index (χ3v) is 4.33. The largest absolute Gasteiger partial charge is 0.351 e. The number of carbonyl (C=O) groups is 1. The predicted molar refractivity (Wildman–Crippen MR) is 95.8 cm³/mol. The summed E-state index contributed by atoms with van der Waals surface area (Å²) < 4.78 is 4.23. The van der Waals surface area contributed by atoms with Crippen LogP contribution >= 0.6 is 0 Å². The van der Waals surface area contributed by atoms with E-state index in [-0.39, 0.29) is 0 Å². The van der Waals surface area contributed by atoms with Gasteiger partial charge in [-0.2, -0.15) is 5.26 Å². The Bertz CT molecular complexity index is 369. The lowest BCUT2D eigenvalue weighted by molar-refractivity contribution is -0.137. The number of hydrogen-bond donors (Lipinski definition) is 0. The van der Waals surface area contributed by atoms with Crippen LogP contribution in [0.1, 0.15) is 109 Å². The van der Waals surface area contributed by atoms with Crippen molar-refractivity contribution >= 4 is 5.97 Å². The highest BCUT2D eigenvalue weighted by molar-refractivity contribution is 5.70. The average Bonchev–Trinajstić information content (AvgIpc) is 2.58. The normalized spacial score (nSPS) is 10.1. The first-order valence-electron chi connectivity index (χ1n) is 9.77. The summed E-state index contributed by atoms with van der Waals surface area (Å²) in [4.78, 5) is 10.9. The molecular formula is C20H34N2O2. The fraction of sp³-hybridized carbons (Fsp3) is 0.850. The second-order valence-corrected chi connectivity index (χ2v) is 6.53. The van der Waals surface area contributed by atoms with Crippen molar-refractivity contribution in [3.05, 3.63) is 0 Å². The molecule has 0 saturated carbocycles. The zero-order valence-corrected chi connectivity index (χ0v) is 15.2. The molecule has 4 nitrogen and oxygen atoms in total. The SMILES string of the molecule is N#CCCCCCCCCCCCCCCCCCC(=O)OC#N. The van der Waals surface area contributed by atoms with E-state index in [1.807, 2.05) is 0 Å². The van der Waals surface area contributed by atoms with E-state index in [4.69, 9.17) is 10.5 Å². The molecule has 0 radical (unpaired) electrons. The third kappa shape index (κ3) is 18.5. The van der Waals surface area contributed by atoms with Crippen LogP contribution < -0.4 is 0 Å². The molecule has 0 unspecified atom stereocenters. The van der Waals surface area contributed by atoms with Gasteiger partial charge < -0.3 is 4.74 Å². The number of rotatable bonds is 17. The first-order valence-corrected chi connectivity index (χ1v) is 9.77. The molecule has 0 aliphatic heterocycles. The lowest BCUT2D eigenvalue weighted by Crippen LogP contribution is -1.98. The minimum atomic E-state index is -0.403. The first kappa shape index (κ1) is 22.4. The van der Waals surface area contributed by atoms with Gasteiger partial charge in [0.25, 0.3) is 6.26 Å². The summed E-state index contributed by atoms with van der Waals surface area (Å²) in [6.45, 7) is 0. The van der Waals surface area contributed by atoms with E-state index in [1.165, 1.54) is 83.3 Å². The van der Waals surface area contributed by atoms with Crippen LogP contribution in [0.5, 0.6) is 0 Å². The van der Waals surface area contributed by atoms with Crippen LogP contribution in [0.25, 0.3) is 0 Å². The van der Waals surface area contributed by atoms with E-state index in [0.29, 0.717) is 12.8 Å². The molecule has 0 fully saturated rings. The number of unbranched alkanes of at least 4 members (excludes halogenated alkanes) is 15. The quantitative estimate of drug-likeness (QED) is 0.181. The van der Waals surface area contributed by atoms with E-state index < -0.39 is 5.97 Å². The molecule has 0 aromatic heterocycles. The average molecular weight is 335 g/mol. The lowest BCUT2D eigenvalue weighted by Gasteiger charge is -2.03. The van der Waals surface area contributed by atoms with E-state index in [9.17, 15) is 4.79 Å². The van der Waals surface area contributed by atoms with Crippen molar-refractivity contribution in [1.29, 1.82) is 10.5 Å². The molecular weight excluding hydrogens is 300 g/mol. The number of esters is 1. The number of nitriles is 2. The molecule has 4 heteroatoms. The molecule has 0 atom stereocenters. The highest BCUT2D eigenvalue weighted by Gasteiger charge is 2.01. The van der Waals surface area contributed by atoms with Crippen LogP contribution in [0, 0.1) is 22.8 Å². The Morgan fingerprint density at radius 3 is 1.38 bits per heavy atom. The van der Waals surface area contributed by atoms with E-state index in [0.717, 1.165) is 19.3 Å². The summed E-state index contributed by atoms with van der Waals surface area (Å²) in [7, 11) is 0. The van der Waals surface area contributed by atoms with Gasteiger partial charge in [-0.25, -0.2) is 0 Å². The molecule has 0 rings (SSSR count). The van der Waals surface area contributed by atoms with Gasteiger partial charge in [0.05, 0.1) is 6.07 Å². The number of nitrogens with zero attached hydrogens (tertiary/aromatic N) is 2. The van der Waals surface area contributed by atoms with Crippen molar-refractivity contribution in [2.24, 2.45) is 0 Å². The Hall–Kier alpha value is -1.55. The van der Waals surface area contributed by atoms with Gasteiger partial charge >= 0.3 is 5.97 Å². The van der Waals surface area contributed by atoms with Gasteiger partial charge in [0.2, 0.25) is 0 Å². The molecule has 0 amide bonds. The Morgan fingerprint density at radius 1 is 0.625 bits per heavy atom. The zero-order valence-electron chi connectivity index (χ0n) is 15.2. The van der Waals surface area contributed by atoms with Crippen LogP contribution in [-0.4, -0.2) is 5.97 Å². The van der Waals surface area contributed by atoms with Gasteiger partial charge in [-0.1, -0.05) is 83.5 Å². The fourth-order valence-corrected chi connectivity index (χ4v) is 2.87. The molecule has 136 valence electrons. The fourth-order valence-electron chi connectivity index (χ4n) is 2.87. The van der Waals surface area contributed by atoms with Gasteiger partial charge in [-0.05, 0) is 12.8 Å². The maximum absolute atomic E-state index is 10.9. The van der Waals surface area contributed by atoms with Gasteiger partial charge in [0, 0.05) is 12.8 Å². The Morgan fingerprint density at radius 2 is 1.00 bits per heavy atom. The van der Waals surface area contributed by atoms with Crippen molar-refractivity contribution in [1.82, 2.24) is 0 Å². The summed E-state index contributed by atoms with van der Waals surface area (Å²) in [5, 5.41) is 16.6. The van der Waals surface area contributed by atoms with Crippen molar-refractivity contribution in [3.63, 3.8) is 0 Å². The number of ether oxygens (including phenoxy) is 1. The standard InChI is InChI=1S/C20H34N2O2/c21-18-16-14-12-10-8-6-4-2-1-3-5-7-9-11-13-15-17-20(23)24-19-22/h1-17H2. The highest BCUT2D eigenvalue weighted by Crippen LogP contribution is 2.14. The summed E-state index contributed by atoms with van der Waals surface area (Å²) >= 11 is 0. The van der Waals surface area contributed by atoms with Crippen molar-refractivity contribution in [2.45, 2.75) is 109 Å². The number of hydrogen-bond acceptors (Lipinski definition) is 4. The second-order valence-electron chi connectivity index (χ2n) is 6.53. The summed E-state index contributed by atoms with van der Waals surface area (Å²) in [5.74, 6) is -0.403. The van der Waals surface area contributed by atoms with Crippen molar-refractivity contribution in [3.8, 4) is 12.3 Å². The second kappa shape index (κ2) is 19.5. The molecule has 24 heavy (non-hydrogen) atoms. The molecule has 0 N–H and O–H groups in total. The zero-order chi connectivity index (χ0) is 17.7. The van der Waals surface area contributed by atoms with E-state index in [1.54, 1.807) is 0 Å². The molecule has 0 saturated heterocycles. The minimum Gasteiger partial charge on any atom is -0.351 e. The minimum absolute atomic E-state index is 0.367. The molecule has 0 spiro atoms. The molecule has 0 aliphatic carbocycles. The van der Waals surface area contributed by atoms with Gasteiger partial charge in [-0.15, -0.1) is 5.26 Å². The first-order chi connectivity index (χ1) is 11.8. The Labute approximate surface area is 148 Å². The Kier molecular flexibility index (Phi) is 18.2. The summed E-state index contributed by atoms with van der Waals surface area (Å²) in [5.41, 5.74) is 0. The number of carbonyl (C=O) groups excluding carboxylic acids is 1. The van der Waals surface area contributed by atoms with Crippen molar-refractivity contribution in [2.75, 3.05) is 0 Å². The highest BCUT2D eigenvalue weighted by atomic mass is 16.5. The van der Waals surface area contributed by atoms with E-state index in [2.05, 4.69) is 10.8 Å². The third-order valence-electron chi connectivity index (χ3n) is 4.33. The maximum atomic E-state index is 10.9. The van der Waals surface area contributed by atoms with Gasteiger partial charge in [0.15, 0.2) is 0 Å². The van der Waals surface area contributed by atoms with Crippen molar-refractivity contribution < 1.29 is 9.53 Å². The Balaban J connectivity index is 3.04. The van der Waals surface area contributed by atoms with Crippen LogP contribution in [0.3, 0.4) is 0 Å². The molecule has 0 aromatic rings. The van der Waals surface area contributed by atoms with Crippen LogP contribution in [0.4, 0.5) is 0 Å². The smallest absolute Gasteiger partial charge is 0.321 e. The monoisotopic (exact) mass is 334 g/mol.